The summed E-state index contributed by atoms with van der Waals surface area (Å²) in [6.07, 6.45) is 3.40. The van der Waals surface area contributed by atoms with Crippen LogP contribution in [0.25, 0.3) is 0 Å². The highest BCUT2D eigenvalue weighted by Crippen LogP contribution is 2.16. The van der Waals surface area contributed by atoms with Gasteiger partial charge >= 0.3 is 0 Å². The van der Waals surface area contributed by atoms with Gasteiger partial charge in [-0.25, -0.2) is 0 Å². The predicted molar refractivity (Wildman–Crippen MR) is 63.5 cm³/mol. The SMILES string of the molecule is CC1CN(CCCCC(N)=NO)CCC1O. The number of piperidine rings is 1. The first-order valence-corrected chi connectivity index (χ1v) is 6.00. The van der Waals surface area contributed by atoms with E-state index in [1.807, 2.05) is 0 Å². The van der Waals surface area contributed by atoms with E-state index >= 15 is 0 Å². The maximum absolute atomic E-state index is 9.59. The largest absolute Gasteiger partial charge is 0.409 e. The first kappa shape index (κ1) is 13.3. The zero-order chi connectivity index (χ0) is 12.0. The van der Waals surface area contributed by atoms with Gasteiger partial charge in [-0.2, -0.15) is 0 Å². The molecule has 2 unspecified atom stereocenters. The number of amidine groups is 1. The smallest absolute Gasteiger partial charge is 0.139 e. The number of nitrogens with two attached hydrogens (primary N) is 1. The molecule has 1 fully saturated rings. The van der Waals surface area contributed by atoms with Gasteiger partial charge < -0.3 is 20.9 Å². The summed E-state index contributed by atoms with van der Waals surface area (Å²) in [4.78, 5) is 2.38. The van der Waals surface area contributed by atoms with Gasteiger partial charge in [0.1, 0.15) is 5.84 Å². The summed E-state index contributed by atoms with van der Waals surface area (Å²) >= 11 is 0. The van der Waals surface area contributed by atoms with Gasteiger partial charge in [-0.1, -0.05) is 12.1 Å². The average Bonchev–Trinajstić information content (AvgIpc) is 2.28. The average molecular weight is 229 g/mol. The van der Waals surface area contributed by atoms with Gasteiger partial charge in [0.25, 0.3) is 0 Å². The molecule has 0 saturated carbocycles. The van der Waals surface area contributed by atoms with E-state index in [4.69, 9.17) is 10.9 Å². The molecule has 0 aliphatic carbocycles. The third-order valence-corrected chi connectivity index (χ3v) is 3.23. The van der Waals surface area contributed by atoms with Gasteiger partial charge in [-0.05, 0) is 31.7 Å². The summed E-state index contributed by atoms with van der Waals surface area (Å²) in [6.45, 7) is 5.09. The van der Waals surface area contributed by atoms with Gasteiger partial charge in [0.2, 0.25) is 0 Å². The van der Waals surface area contributed by atoms with E-state index in [1.54, 1.807) is 0 Å². The monoisotopic (exact) mass is 229 g/mol. The van der Waals surface area contributed by atoms with Crippen LogP contribution in [0.5, 0.6) is 0 Å². The molecule has 1 aliphatic rings. The summed E-state index contributed by atoms with van der Waals surface area (Å²) in [6, 6.07) is 0. The Morgan fingerprint density at radius 2 is 2.25 bits per heavy atom. The predicted octanol–water partition coefficient (Wildman–Crippen LogP) is 0.606. The van der Waals surface area contributed by atoms with E-state index in [9.17, 15) is 5.11 Å². The van der Waals surface area contributed by atoms with E-state index in [1.165, 1.54) is 0 Å². The van der Waals surface area contributed by atoms with Crippen LogP contribution in [-0.2, 0) is 0 Å². The van der Waals surface area contributed by atoms with Gasteiger partial charge in [0.15, 0.2) is 0 Å². The molecule has 1 heterocycles. The zero-order valence-electron chi connectivity index (χ0n) is 9.97. The molecule has 0 aromatic heterocycles. The van der Waals surface area contributed by atoms with Crippen LogP contribution in [-0.4, -0.2) is 46.8 Å². The van der Waals surface area contributed by atoms with Crippen LogP contribution >= 0.6 is 0 Å². The number of rotatable bonds is 5. The maximum Gasteiger partial charge on any atom is 0.139 e. The fourth-order valence-corrected chi connectivity index (χ4v) is 2.11. The molecular weight excluding hydrogens is 206 g/mol. The van der Waals surface area contributed by atoms with E-state index in [-0.39, 0.29) is 6.10 Å². The molecule has 0 radical (unpaired) electrons. The number of aliphatic hydroxyl groups excluding tert-OH is 1. The quantitative estimate of drug-likeness (QED) is 0.212. The molecule has 4 N–H and O–H groups in total. The van der Waals surface area contributed by atoms with Crippen molar-refractivity contribution in [3.8, 4) is 0 Å². The highest BCUT2D eigenvalue weighted by atomic mass is 16.4. The Morgan fingerprint density at radius 3 is 2.88 bits per heavy atom. The standard InChI is InChI=1S/C11H23N3O2/c1-9-8-14(7-5-10(9)15)6-3-2-4-11(12)13-16/h9-10,15-16H,2-8H2,1H3,(H2,12,13). The van der Waals surface area contributed by atoms with Crippen molar-refractivity contribution in [2.24, 2.45) is 16.8 Å². The molecule has 2 atom stereocenters. The molecule has 16 heavy (non-hydrogen) atoms. The van der Waals surface area contributed by atoms with Crippen molar-refractivity contribution in [1.29, 1.82) is 0 Å². The summed E-state index contributed by atoms with van der Waals surface area (Å²) in [5.74, 6) is 0.681. The second-order valence-electron chi connectivity index (χ2n) is 4.68. The molecule has 0 aromatic rings. The van der Waals surface area contributed by atoms with Gasteiger partial charge in [0.05, 0.1) is 6.10 Å². The second kappa shape index (κ2) is 6.70. The van der Waals surface area contributed by atoms with Crippen LogP contribution in [0.3, 0.4) is 0 Å². The molecular formula is C11H23N3O2. The molecule has 0 aromatic carbocycles. The number of unbranched alkanes of at least 4 members (excludes halogenated alkanes) is 1. The lowest BCUT2D eigenvalue weighted by Gasteiger charge is -2.34. The van der Waals surface area contributed by atoms with Crippen LogP contribution in [0.2, 0.25) is 0 Å². The van der Waals surface area contributed by atoms with Crippen molar-refractivity contribution in [2.45, 2.75) is 38.7 Å². The lowest BCUT2D eigenvalue weighted by molar-refractivity contribution is 0.0346. The van der Waals surface area contributed by atoms with Gasteiger partial charge in [-0.15, -0.1) is 0 Å². The van der Waals surface area contributed by atoms with Crippen LogP contribution in [0, 0.1) is 5.92 Å². The van der Waals surface area contributed by atoms with Crippen molar-refractivity contribution in [3.05, 3.63) is 0 Å². The third kappa shape index (κ3) is 4.37. The van der Waals surface area contributed by atoms with Gasteiger partial charge in [0, 0.05) is 19.5 Å². The first-order chi connectivity index (χ1) is 7.63. The molecule has 94 valence electrons. The van der Waals surface area contributed by atoms with Crippen LogP contribution in [0.1, 0.15) is 32.6 Å². The second-order valence-corrected chi connectivity index (χ2v) is 4.68. The van der Waals surface area contributed by atoms with E-state index in [0.29, 0.717) is 18.2 Å². The Balaban J connectivity index is 2.10. The lowest BCUT2D eigenvalue weighted by atomic mass is 9.96. The molecule has 0 bridgehead atoms. The maximum atomic E-state index is 9.59. The number of oxime groups is 1. The molecule has 1 rings (SSSR count). The minimum Gasteiger partial charge on any atom is -0.409 e. The summed E-state index contributed by atoms with van der Waals surface area (Å²) in [5.41, 5.74) is 5.39. The molecule has 5 nitrogen and oxygen atoms in total. The topological polar surface area (TPSA) is 82.1 Å². The summed E-state index contributed by atoms with van der Waals surface area (Å²) in [7, 11) is 0. The Labute approximate surface area is 96.9 Å². The number of aliphatic hydroxyl groups is 1. The minimum absolute atomic E-state index is 0.131. The zero-order valence-corrected chi connectivity index (χ0v) is 9.97. The van der Waals surface area contributed by atoms with E-state index in [0.717, 1.165) is 38.9 Å². The van der Waals surface area contributed by atoms with Crippen molar-refractivity contribution in [3.63, 3.8) is 0 Å². The highest BCUT2D eigenvalue weighted by molar-refractivity contribution is 5.79. The number of hydrogen-bond acceptors (Lipinski definition) is 4. The van der Waals surface area contributed by atoms with E-state index < -0.39 is 0 Å². The molecule has 0 spiro atoms. The molecule has 5 heteroatoms. The van der Waals surface area contributed by atoms with Gasteiger partial charge in [-0.3, -0.25) is 0 Å². The van der Waals surface area contributed by atoms with Crippen molar-refractivity contribution in [1.82, 2.24) is 4.90 Å². The van der Waals surface area contributed by atoms with E-state index in [2.05, 4.69) is 17.0 Å². The number of nitrogens with zero attached hydrogens (tertiary/aromatic N) is 2. The van der Waals surface area contributed by atoms with Crippen molar-refractivity contribution >= 4 is 5.84 Å². The lowest BCUT2D eigenvalue weighted by Crippen LogP contribution is -2.42. The normalized spacial score (nSPS) is 28.2. The summed E-state index contributed by atoms with van der Waals surface area (Å²) in [5, 5.41) is 20.9. The number of likely N-dealkylation sites (tertiary alicyclic amines) is 1. The fourth-order valence-electron chi connectivity index (χ4n) is 2.11. The molecule has 1 aliphatic heterocycles. The Kier molecular flexibility index (Phi) is 5.55. The highest BCUT2D eigenvalue weighted by Gasteiger charge is 2.23. The van der Waals surface area contributed by atoms with Crippen molar-refractivity contribution in [2.75, 3.05) is 19.6 Å². The molecule has 0 amide bonds. The number of hydrogen-bond donors (Lipinski definition) is 3. The van der Waals surface area contributed by atoms with Crippen molar-refractivity contribution < 1.29 is 10.3 Å². The van der Waals surface area contributed by atoms with Crippen LogP contribution in [0.4, 0.5) is 0 Å². The van der Waals surface area contributed by atoms with Crippen LogP contribution < -0.4 is 5.73 Å². The summed E-state index contributed by atoms with van der Waals surface area (Å²) < 4.78 is 0. The Hall–Kier alpha value is -0.810. The Morgan fingerprint density at radius 1 is 1.50 bits per heavy atom. The Bertz CT molecular complexity index is 233. The first-order valence-electron chi connectivity index (χ1n) is 6.00. The molecule has 1 saturated heterocycles. The minimum atomic E-state index is -0.131. The van der Waals surface area contributed by atoms with Crippen LogP contribution in [0.15, 0.2) is 5.16 Å². The fraction of sp³-hybridized carbons (Fsp3) is 0.909. The third-order valence-electron chi connectivity index (χ3n) is 3.23.